The summed E-state index contributed by atoms with van der Waals surface area (Å²) in [5.74, 6) is -0.493. The Bertz CT molecular complexity index is 509. The molecule has 4 nitrogen and oxygen atoms in total. The normalized spacial score (nSPS) is 10.1. The van der Waals surface area contributed by atoms with Crippen LogP contribution in [0.4, 0.5) is 4.39 Å². The predicted molar refractivity (Wildman–Crippen MR) is 48.0 cm³/mol. The summed E-state index contributed by atoms with van der Waals surface area (Å²) in [5.41, 5.74) is 0.172. The monoisotopic (exact) mass is 191 g/mol. The standard InChI is InChI=1S/C9H6FN3O/c10-7-3-6(4-11-5-7)8-9(14)13-2-1-12-8/h1-5H,(H,13,14). The minimum atomic E-state index is -0.493. The first kappa shape index (κ1) is 8.55. The molecule has 5 heteroatoms. The Balaban J connectivity index is 2.61. The second kappa shape index (κ2) is 3.37. The van der Waals surface area contributed by atoms with Gasteiger partial charge in [0.05, 0.1) is 6.20 Å². The number of hydrogen-bond donors (Lipinski definition) is 1. The van der Waals surface area contributed by atoms with Crippen LogP contribution in [-0.2, 0) is 0 Å². The van der Waals surface area contributed by atoms with Gasteiger partial charge < -0.3 is 4.98 Å². The fourth-order valence-corrected chi connectivity index (χ4v) is 1.10. The number of pyridine rings is 1. The van der Waals surface area contributed by atoms with Gasteiger partial charge in [-0.2, -0.15) is 0 Å². The van der Waals surface area contributed by atoms with Crippen LogP contribution in [0.2, 0.25) is 0 Å². The number of H-pyrrole nitrogens is 1. The summed E-state index contributed by atoms with van der Waals surface area (Å²) < 4.78 is 12.8. The van der Waals surface area contributed by atoms with E-state index in [9.17, 15) is 9.18 Å². The summed E-state index contributed by atoms with van der Waals surface area (Å²) in [6.07, 6.45) is 5.31. The van der Waals surface area contributed by atoms with Gasteiger partial charge in [0.2, 0.25) is 0 Å². The molecule has 14 heavy (non-hydrogen) atoms. The molecule has 0 unspecified atom stereocenters. The molecule has 0 amide bonds. The Morgan fingerprint density at radius 3 is 2.93 bits per heavy atom. The largest absolute Gasteiger partial charge is 0.326 e. The van der Waals surface area contributed by atoms with Crippen LogP contribution in [0.25, 0.3) is 11.3 Å². The molecule has 2 aromatic rings. The van der Waals surface area contributed by atoms with E-state index in [4.69, 9.17) is 0 Å². The van der Waals surface area contributed by atoms with E-state index < -0.39 is 5.82 Å². The van der Waals surface area contributed by atoms with Crippen molar-refractivity contribution in [1.29, 1.82) is 0 Å². The second-order valence-corrected chi connectivity index (χ2v) is 2.66. The van der Waals surface area contributed by atoms with Crippen LogP contribution >= 0.6 is 0 Å². The first-order valence-electron chi connectivity index (χ1n) is 3.92. The van der Waals surface area contributed by atoms with E-state index in [-0.39, 0.29) is 11.3 Å². The van der Waals surface area contributed by atoms with Crippen LogP contribution < -0.4 is 5.56 Å². The van der Waals surface area contributed by atoms with Gasteiger partial charge in [0, 0.05) is 24.2 Å². The zero-order valence-electron chi connectivity index (χ0n) is 7.07. The molecule has 0 atom stereocenters. The summed E-state index contributed by atoms with van der Waals surface area (Å²) in [6, 6.07) is 1.21. The summed E-state index contributed by atoms with van der Waals surface area (Å²) in [6.45, 7) is 0. The fourth-order valence-electron chi connectivity index (χ4n) is 1.10. The van der Waals surface area contributed by atoms with Gasteiger partial charge in [-0.25, -0.2) is 9.37 Å². The highest BCUT2D eigenvalue weighted by Gasteiger charge is 2.04. The van der Waals surface area contributed by atoms with Crippen LogP contribution in [0.3, 0.4) is 0 Å². The molecular weight excluding hydrogens is 185 g/mol. The molecule has 0 aromatic carbocycles. The first-order chi connectivity index (χ1) is 6.77. The molecular formula is C9H6FN3O. The van der Waals surface area contributed by atoms with Gasteiger partial charge in [-0.05, 0) is 6.07 Å². The zero-order valence-corrected chi connectivity index (χ0v) is 7.07. The third-order valence-electron chi connectivity index (χ3n) is 1.69. The summed E-state index contributed by atoms with van der Waals surface area (Å²) in [5, 5.41) is 0. The van der Waals surface area contributed by atoms with Gasteiger partial charge in [-0.1, -0.05) is 0 Å². The van der Waals surface area contributed by atoms with Gasteiger partial charge >= 0.3 is 0 Å². The van der Waals surface area contributed by atoms with Crippen molar-refractivity contribution in [1.82, 2.24) is 15.0 Å². The highest BCUT2D eigenvalue weighted by atomic mass is 19.1. The Morgan fingerprint density at radius 1 is 1.36 bits per heavy atom. The topological polar surface area (TPSA) is 58.6 Å². The van der Waals surface area contributed by atoms with Gasteiger partial charge in [0.25, 0.3) is 5.56 Å². The highest BCUT2D eigenvalue weighted by Crippen LogP contribution is 2.11. The zero-order chi connectivity index (χ0) is 9.97. The van der Waals surface area contributed by atoms with Crippen LogP contribution in [0.15, 0.2) is 35.6 Å². The van der Waals surface area contributed by atoms with Crippen molar-refractivity contribution in [3.05, 3.63) is 47.0 Å². The Morgan fingerprint density at radius 2 is 2.21 bits per heavy atom. The van der Waals surface area contributed by atoms with Gasteiger partial charge in [0.15, 0.2) is 0 Å². The molecule has 0 aliphatic rings. The van der Waals surface area contributed by atoms with Gasteiger partial charge in [0.1, 0.15) is 11.5 Å². The van der Waals surface area contributed by atoms with Crippen molar-refractivity contribution in [3.63, 3.8) is 0 Å². The SMILES string of the molecule is O=c1[nH]ccnc1-c1cncc(F)c1. The second-order valence-electron chi connectivity index (χ2n) is 2.66. The maximum Gasteiger partial charge on any atom is 0.274 e. The number of halogens is 1. The number of rotatable bonds is 1. The lowest BCUT2D eigenvalue weighted by atomic mass is 10.2. The molecule has 2 aromatic heterocycles. The van der Waals surface area contributed by atoms with Gasteiger partial charge in [-0.3, -0.25) is 9.78 Å². The molecule has 2 rings (SSSR count). The molecule has 0 radical (unpaired) electrons. The van der Waals surface area contributed by atoms with Gasteiger partial charge in [-0.15, -0.1) is 0 Å². The van der Waals surface area contributed by atoms with Crippen molar-refractivity contribution in [2.75, 3.05) is 0 Å². The predicted octanol–water partition coefficient (Wildman–Crippen LogP) is 0.971. The highest BCUT2D eigenvalue weighted by molar-refractivity contribution is 5.55. The molecule has 1 N–H and O–H groups in total. The van der Waals surface area contributed by atoms with E-state index in [0.717, 1.165) is 6.20 Å². The maximum atomic E-state index is 12.8. The Kier molecular flexibility index (Phi) is 2.06. The first-order valence-corrected chi connectivity index (χ1v) is 3.92. The molecule has 0 saturated carbocycles. The smallest absolute Gasteiger partial charge is 0.274 e. The molecule has 0 spiro atoms. The Labute approximate surface area is 78.5 Å². The summed E-state index contributed by atoms with van der Waals surface area (Å²) in [7, 11) is 0. The minimum Gasteiger partial charge on any atom is -0.326 e. The van der Waals surface area contributed by atoms with Crippen LogP contribution in [0.1, 0.15) is 0 Å². The molecule has 0 fully saturated rings. The summed E-state index contributed by atoms with van der Waals surface area (Å²) >= 11 is 0. The summed E-state index contributed by atoms with van der Waals surface area (Å²) in [4.78, 5) is 21.2. The van der Waals surface area contributed by atoms with E-state index in [0.29, 0.717) is 5.56 Å². The van der Waals surface area contributed by atoms with Crippen LogP contribution in [0, 0.1) is 5.82 Å². The van der Waals surface area contributed by atoms with E-state index in [1.807, 2.05) is 0 Å². The third-order valence-corrected chi connectivity index (χ3v) is 1.69. The molecule has 0 saturated heterocycles. The lowest BCUT2D eigenvalue weighted by Crippen LogP contribution is -2.09. The Hall–Kier alpha value is -2.04. The van der Waals surface area contributed by atoms with Crippen molar-refractivity contribution in [2.24, 2.45) is 0 Å². The number of nitrogens with one attached hydrogen (secondary N) is 1. The average Bonchev–Trinajstić information content (AvgIpc) is 2.18. The quantitative estimate of drug-likeness (QED) is 0.730. The molecule has 0 bridgehead atoms. The average molecular weight is 191 g/mol. The van der Waals surface area contributed by atoms with Crippen molar-refractivity contribution >= 4 is 0 Å². The van der Waals surface area contributed by atoms with E-state index >= 15 is 0 Å². The minimum absolute atomic E-state index is 0.166. The van der Waals surface area contributed by atoms with Crippen LogP contribution in [-0.4, -0.2) is 15.0 Å². The number of aromatic nitrogens is 3. The van der Waals surface area contributed by atoms with Crippen molar-refractivity contribution in [3.8, 4) is 11.3 Å². The third kappa shape index (κ3) is 1.52. The molecule has 0 aliphatic carbocycles. The van der Waals surface area contributed by atoms with E-state index in [1.165, 1.54) is 24.7 Å². The molecule has 70 valence electrons. The lowest BCUT2D eigenvalue weighted by Gasteiger charge is -1.97. The van der Waals surface area contributed by atoms with Crippen molar-refractivity contribution < 1.29 is 4.39 Å². The number of hydrogen-bond acceptors (Lipinski definition) is 3. The lowest BCUT2D eigenvalue weighted by molar-refractivity contribution is 0.622. The van der Waals surface area contributed by atoms with E-state index in [1.54, 1.807) is 0 Å². The maximum absolute atomic E-state index is 12.8. The fraction of sp³-hybridized carbons (Fsp3) is 0. The van der Waals surface area contributed by atoms with E-state index in [2.05, 4.69) is 15.0 Å². The van der Waals surface area contributed by atoms with Crippen LogP contribution in [0.5, 0.6) is 0 Å². The molecule has 0 aliphatic heterocycles. The number of nitrogens with zero attached hydrogens (tertiary/aromatic N) is 2. The number of aromatic amines is 1. The molecule has 2 heterocycles. The van der Waals surface area contributed by atoms with Crippen molar-refractivity contribution in [2.45, 2.75) is 0 Å².